The van der Waals surface area contributed by atoms with Gasteiger partial charge in [-0.15, -0.1) is 0 Å². The van der Waals surface area contributed by atoms with Crippen LogP contribution in [0.25, 0.3) is 0 Å². The lowest BCUT2D eigenvalue weighted by atomic mass is 10.3. The lowest BCUT2D eigenvalue weighted by Crippen LogP contribution is -2.33. The Morgan fingerprint density at radius 1 is 1.11 bits per heavy atom. The third-order valence-corrected chi connectivity index (χ3v) is 3.81. The van der Waals surface area contributed by atoms with E-state index in [1.54, 1.807) is 6.20 Å². The standard InChI is InChI=1S/C15H19N5.C4H4O4/c1-19-12-9-16-14(19)18-15(20-10-5-6-11-20)17-13-7-3-2-4-8-13;5-3(6)1-2-4(7)8/h2-4,7-9,12H,5-6,10-11H2,1H3,(H,16,17,18);1-2H,(H,5,6)(H,7,8)/b;2-1+. The monoisotopic (exact) mass is 385 g/mol. The maximum atomic E-state index is 9.55. The molecule has 1 saturated heterocycles. The number of nitrogens with one attached hydrogen (secondary N) is 1. The molecule has 0 radical (unpaired) electrons. The molecule has 9 nitrogen and oxygen atoms in total. The summed E-state index contributed by atoms with van der Waals surface area (Å²) < 4.78 is 1.92. The van der Waals surface area contributed by atoms with Crippen LogP contribution in [0.5, 0.6) is 0 Å². The van der Waals surface area contributed by atoms with Crippen LogP contribution in [-0.2, 0) is 16.6 Å². The number of guanidine groups is 1. The normalized spacial score (nSPS) is 13.9. The minimum absolute atomic E-state index is 0.558. The molecule has 28 heavy (non-hydrogen) atoms. The van der Waals surface area contributed by atoms with Crippen LogP contribution >= 0.6 is 0 Å². The van der Waals surface area contributed by atoms with Crippen molar-refractivity contribution in [3.8, 4) is 0 Å². The zero-order valence-electron chi connectivity index (χ0n) is 15.5. The van der Waals surface area contributed by atoms with Gasteiger partial charge in [0.1, 0.15) is 0 Å². The molecular weight excluding hydrogens is 362 g/mol. The van der Waals surface area contributed by atoms with Crippen molar-refractivity contribution >= 4 is 29.5 Å². The van der Waals surface area contributed by atoms with Crippen LogP contribution in [0.3, 0.4) is 0 Å². The van der Waals surface area contributed by atoms with Gasteiger partial charge in [0.25, 0.3) is 0 Å². The fraction of sp³-hybridized carbons (Fsp3) is 0.263. The maximum absolute atomic E-state index is 9.55. The molecule has 1 aromatic heterocycles. The van der Waals surface area contributed by atoms with Crippen LogP contribution in [0.4, 0.5) is 11.6 Å². The van der Waals surface area contributed by atoms with Crippen LogP contribution in [0, 0.1) is 0 Å². The number of hydrogen-bond donors (Lipinski definition) is 3. The van der Waals surface area contributed by atoms with Gasteiger partial charge in [0.15, 0.2) is 0 Å². The highest BCUT2D eigenvalue weighted by atomic mass is 16.4. The van der Waals surface area contributed by atoms with E-state index in [-0.39, 0.29) is 0 Å². The predicted octanol–water partition coefficient (Wildman–Crippen LogP) is 2.33. The van der Waals surface area contributed by atoms with E-state index in [0.717, 1.165) is 30.7 Å². The summed E-state index contributed by atoms with van der Waals surface area (Å²) in [6.45, 7) is 2.09. The predicted molar refractivity (Wildman–Crippen MR) is 106 cm³/mol. The van der Waals surface area contributed by atoms with Crippen molar-refractivity contribution < 1.29 is 19.8 Å². The molecule has 1 aliphatic heterocycles. The number of nitrogens with zero attached hydrogens (tertiary/aromatic N) is 4. The van der Waals surface area contributed by atoms with E-state index in [2.05, 4.69) is 20.2 Å². The average molecular weight is 385 g/mol. The largest absolute Gasteiger partial charge is 0.478 e. The van der Waals surface area contributed by atoms with E-state index in [9.17, 15) is 9.59 Å². The summed E-state index contributed by atoms with van der Waals surface area (Å²) in [5.74, 6) is -0.918. The molecule has 0 amide bonds. The van der Waals surface area contributed by atoms with Crippen molar-refractivity contribution in [1.82, 2.24) is 14.5 Å². The van der Waals surface area contributed by atoms with Gasteiger partial charge < -0.3 is 25.0 Å². The van der Waals surface area contributed by atoms with Gasteiger partial charge in [-0.2, -0.15) is 4.99 Å². The highest BCUT2D eigenvalue weighted by Crippen LogP contribution is 2.15. The van der Waals surface area contributed by atoms with Crippen molar-refractivity contribution in [2.75, 3.05) is 18.4 Å². The second kappa shape index (κ2) is 10.5. The van der Waals surface area contributed by atoms with Crippen molar-refractivity contribution in [2.24, 2.45) is 12.0 Å². The number of para-hydroxylation sites is 1. The number of benzene rings is 1. The fourth-order valence-electron chi connectivity index (χ4n) is 2.46. The lowest BCUT2D eigenvalue weighted by molar-refractivity contribution is -0.134. The summed E-state index contributed by atoms with van der Waals surface area (Å²) in [5.41, 5.74) is 1.05. The Kier molecular flexibility index (Phi) is 7.77. The topological polar surface area (TPSA) is 120 Å². The number of anilines is 1. The number of imidazole rings is 1. The number of rotatable bonds is 4. The van der Waals surface area contributed by atoms with Crippen LogP contribution in [0.1, 0.15) is 12.8 Å². The van der Waals surface area contributed by atoms with E-state index in [4.69, 9.17) is 10.2 Å². The summed E-state index contributed by atoms with van der Waals surface area (Å²) >= 11 is 0. The first-order valence-corrected chi connectivity index (χ1v) is 8.72. The second-order valence-electron chi connectivity index (χ2n) is 5.97. The highest BCUT2D eigenvalue weighted by Gasteiger charge is 2.17. The van der Waals surface area contributed by atoms with Gasteiger partial charge in [-0.05, 0) is 25.0 Å². The molecule has 0 spiro atoms. The molecule has 0 saturated carbocycles. The molecule has 0 unspecified atom stereocenters. The molecule has 2 heterocycles. The number of hydrogen-bond acceptors (Lipinski definition) is 4. The second-order valence-corrected chi connectivity index (χ2v) is 5.97. The van der Waals surface area contributed by atoms with E-state index < -0.39 is 11.9 Å². The van der Waals surface area contributed by atoms with Gasteiger partial charge in [-0.3, -0.25) is 0 Å². The Balaban J connectivity index is 0.000000300. The van der Waals surface area contributed by atoms with Gasteiger partial charge in [-0.25, -0.2) is 14.6 Å². The first-order chi connectivity index (χ1) is 13.5. The minimum atomic E-state index is -1.26. The van der Waals surface area contributed by atoms with Gasteiger partial charge in [0, 0.05) is 50.4 Å². The molecule has 0 bridgehead atoms. The Morgan fingerprint density at radius 3 is 2.21 bits per heavy atom. The maximum Gasteiger partial charge on any atom is 0.328 e. The van der Waals surface area contributed by atoms with Gasteiger partial charge in [0.05, 0.1) is 0 Å². The van der Waals surface area contributed by atoms with Crippen molar-refractivity contribution in [3.63, 3.8) is 0 Å². The van der Waals surface area contributed by atoms with E-state index >= 15 is 0 Å². The third kappa shape index (κ3) is 6.94. The molecule has 9 heteroatoms. The van der Waals surface area contributed by atoms with Gasteiger partial charge in [0.2, 0.25) is 11.9 Å². The van der Waals surface area contributed by atoms with Crippen LogP contribution in [-0.4, -0.2) is 55.7 Å². The highest BCUT2D eigenvalue weighted by molar-refractivity contribution is 5.95. The first kappa shape index (κ1) is 20.7. The summed E-state index contributed by atoms with van der Waals surface area (Å²) in [5, 5.41) is 19.0. The smallest absolute Gasteiger partial charge is 0.328 e. The summed E-state index contributed by atoms with van der Waals surface area (Å²) in [6.07, 6.45) is 7.22. The molecule has 2 aromatic rings. The number of carboxylic acid groups (broad SMARTS) is 2. The van der Waals surface area contributed by atoms with E-state index in [1.807, 2.05) is 48.1 Å². The first-order valence-electron chi connectivity index (χ1n) is 8.72. The SMILES string of the molecule is Cn1ccnc1N=C(Nc1ccccc1)N1CCCC1.O=C(O)/C=C/C(=O)O. The lowest BCUT2D eigenvalue weighted by Gasteiger charge is -2.21. The molecule has 1 fully saturated rings. The van der Waals surface area contributed by atoms with E-state index in [1.165, 1.54) is 12.8 Å². The Morgan fingerprint density at radius 2 is 1.71 bits per heavy atom. The quantitative estimate of drug-likeness (QED) is 0.420. The number of likely N-dealkylation sites (tertiary alicyclic amines) is 1. The molecule has 1 aromatic carbocycles. The molecule has 0 atom stereocenters. The molecular formula is C19H23N5O4. The number of carbonyl (C=O) groups is 2. The molecule has 1 aliphatic rings. The molecule has 3 rings (SSSR count). The van der Waals surface area contributed by atoms with Gasteiger partial charge >= 0.3 is 11.9 Å². The summed E-state index contributed by atoms with van der Waals surface area (Å²) in [4.78, 5) is 30.3. The van der Waals surface area contributed by atoms with E-state index in [0.29, 0.717) is 12.2 Å². The number of aryl methyl sites for hydroxylation is 1. The number of aromatic nitrogens is 2. The van der Waals surface area contributed by atoms with Crippen molar-refractivity contribution in [3.05, 3.63) is 54.9 Å². The number of aliphatic imine (C=N–C) groups is 1. The number of aliphatic carboxylic acids is 2. The molecule has 0 aliphatic carbocycles. The molecule has 148 valence electrons. The molecule has 3 N–H and O–H groups in total. The average Bonchev–Trinajstić information content (AvgIpc) is 3.33. The Bertz CT molecular complexity index is 823. The third-order valence-electron chi connectivity index (χ3n) is 3.81. The van der Waals surface area contributed by atoms with Crippen LogP contribution in [0.15, 0.2) is 59.9 Å². The van der Waals surface area contributed by atoms with Crippen molar-refractivity contribution in [1.29, 1.82) is 0 Å². The number of carboxylic acids is 2. The Hall–Kier alpha value is -3.62. The van der Waals surface area contributed by atoms with Crippen LogP contribution < -0.4 is 5.32 Å². The fourth-order valence-corrected chi connectivity index (χ4v) is 2.46. The summed E-state index contributed by atoms with van der Waals surface area (Å²) in [7, 11) is 1.95. The minimum Gasteiger partial charge on any atom is -0.478 e. The zero-order valence-corrected chi connectivity index (χ0v) is 15.5. The van der Waals surface area contributed by atoms with Crippen LogP contribution in [0.2, 0.25) is 0 Å². The van der Waals surface area contributed by atoms with Crippen molar-refractivity contribution in [2.45, 2.75) is 12.8 Å². The summed E-state index contributed by atoms with van der Waals surface area (Å²) in [6, 6.07) is 10.1. The van der Waals surface area contributed by atoms with Gasteiger partial charge in [-0.1, -0.05) is 18.2 Å². The Labute approximate surface area is 162 Å². The zero-order chi connectivity index (χ0) is 20.4.